The number of benzene rings is 1. The monoisotopic (exact) mass is 216 g/mol. The van der Waals surface area contributed by atoms with Crippen molar-refractivity contribution in [2.75, 3.05) is 5.75 Å². The molecule has 0 bridgehead atoms. The van der Waals surface area contributed by atoms with Gasteiger partial charge in [-0.25, -0.2) is 0 Å². The van der Waals surface area contributed by atoms with Gasteiger partial charge in [-0.05, 0) is 25.5 Å². The third-order valence-electron chi connectivity index (χ3n) is 1.99. The molecule has 0 N–H and O–H groups in total. The zero-order valence-corrected chi connectivity index (χ0v) is 9.89. The Balaban J connectivity index is 2.31. The fraction of sp³-hybridized carbons (Fsp3) is 0.286. The van der Waals surface area contributed by atoms with Crippen LogP contribution in [0.1, 0.15) is 19.8 Å². The lowest BCUT2D eigenvalue weighted by Crippen LogP contribution is -1.82. The predicted octanol–water partition coefficient (Wildman–Crippen LogP) is 4.14. The molecule has 1 heteroatoms. The van der Waals surface area contributed by atoms with Gasteiger partial charge < -0.3 is 0 Å². The Hall–Kier alpha value is -1.13. The second-order valence-electron chi connectivity index (χ2n) is 3.40. The second kappa shape index (κ2) is 7.20. The molecule has 0 amide bonds. The van der Waals surface area contributed by atoms with Crippen molar-refractivity contribution in [3.8, 4) is 12.3 Å². The summed E-state index contributed by atoms with van der Waals surface area (Å²) in [7, 11) is 0. The molecule has 0 spiro atoms. The third kappa shape index (κ3) is 5.34. The Labute approximate surface area is 96.8 Å². The standard InChI is InChI=1S/C14H16S/c1-3-4-6-9-13(2)12-15-14-10-7-5-8-11-14/h1,5,7-11H,4,6,12H2,2H3/b13-9+. The van der Waals surface area contributed by atoms with E-state index in [1.54, 1.807) is 0 Å². The maximum atomic E-state index is 5.20. The van der Waals surface area contributed by atoms with E-state index >= 15 is 0 Å². The van der Waals surface area contributed by atoms with E-state index in [4.69, 9.17) is 6.42 Å². The largest absolute Gasteiger partial charge is 0.122 e. The molecular formula is C14H16S. The van der Waals surface area contributed by atoms with Crippen LogP contribution in [0.15, 0.2) is 46.9 Å². The smallest absolute Gasteiger partial charge is 0.0187 e. The van der Waals surface area contributed by atoms with Gasteiger partial charge in [0.2, 0.25) is 0 Å². The van der Waals surface area contributed by atoms with Gasteiger partial charge in [-0.2, -0.15) is 0 Å². The Morgan fingerprint density at radius 3 is 2.80 bits per heavy atom. The van der Waals surface area contributed by atoms with Crippen molar-refractivity contribution >= 4 is 11.8 Å². The van der Waals surface area contributed by atoms with Gasteiger partial charge in [-0.3, -0.25) is 0 Å². The first-order chi connectivity index (χ1) is 7.33. The molecule has 0 fully saturated rings. The van der Waals surface area contributed by atoms with E-state index in [0.29, 0.717) is 0 Å². The van der Waals surface area contributed by atoms with Crippen LogP contribution >= 0.6 is 11.8 Å². The van der Waals surface area contributed by atoms with E-state index < -0.39 is 0 Å². The van der Waals surface area contributed by atoms with Gasteiger partial charge in [0.15, 0.2) is 0 Å². The van der Waals surface area contributed by atoms with Crippen molar-refractivity contribution in [2.45, 2.75) is 24.7 Å². The molecule has 0 aliphatic rings. The van der Waals surface area contributed by atoms with Crippen LogP contribution in [-0.2, 0) is 0 Å². The molecule has 0 aliphatic carbocycles. The lowest BCUT2D eigenvalue weighted by Gasteiger charge is -2.01. The molecule has 15 heavy (non-hydrogen) atoms. The van der Waals surface area contributed by atoms with E-state index in [2.05, 4.69) is 43.2 Å². The highest BCUT2D eigenvalue weighted by molar-refractivity contribution is 7.99. The van der Waals surface area contributed by atoms with Crippen molar-refractivity contribution in [3.05, 3.63) is 42.0 Å². The molecule has 0 unspecified atom stereocenters. The maximum Gasteiger partial charge on any atom is 0.0187 e. The van der Waals surface area contributed by atoms with Gasteiger partial charge in [-0.15, -0.1) is 24.1 Å². The Bertz CT molecular complexity index is 343. The summed E-state index contributed by atoms with van der Waals surface area (Å²) in [6.45, 7) is 2.16. The molecule has 0 heterocycles. The van der Waals surface area contributed by atoms with E-state index in [-0.39, 0.29) is 0 Å². The first kappa shape index (κ1) is 11.9. The Morgan fingerprint density at radius 2 is 2.13 bits per heavy atom. The van der Waals surface area contributed by atoms with Crippen LogP contribution in [-0.4, -0.2) is 5.75 Å². The molecule has 78 valence electrons. The fourth-order valence-electron chi connectivity index (χ4n) is 1.17. The second-order valence-corrected chi connectivity index (χ2v) is 4.44. The van der Waals surface area contributed by atoms with Gasteiger partial charge in [-0.1, -0.05) is 29.8 Å². The Morgan fingerprint density at radius 1 is 1.40 bits per heavy atom. The van der Waals surface area contributed by atoms with Gasteiger partial charge >= 0.3 is 0 Å². The van der Waals surface area contributed by atoms with E-state index in [1.165, 1.54) is 10.5 Å². The number of hydrogen-bond acceptors (Lipinski definition) is 1. The van der Waals surface area contributed by atoms with Gasteiger partial charge in [0, 0.05) is 17.1 Å². The summed E-state index contributed by atoms with van der Waals surface area (Å²) in [5, 5.41) is 0. The molecular weight excluding hydrogens is 200 g/mol. The van der Waals surface area contributed by atoms with Crippen LogP contribution in [0.2, 0.25) is 0 Å². The summed E-state index contributed by atoms with van der Waals surface area (Å²) in [6.07, 6.45) is 9.27. The van der Waals surface area contributed by atoms with Crippen LogP contribution in [0.5, 0.6) is 0 Å². The summed E-state index contributed by atoms with van der Waals surface area (Å²) in [4.78, 5) is 1.32. The minimum atomic E-state index is 0.841. The number of rotatable bonds is 5. The minimum absolute atomic E-state index is 0.841. The molecule has 0 atom stereocenters. The normalized spacial score (nSPS) is 11.1. The summed E-state index contributed by atoms with van der Waals surface area (Å²) < 4.78 is 0. The molecule has 0 aliphatic heterocycles. The number of hydrogen-bond donors (Lipinski definition) is 0. The molecule has 0 radical (unpaired) electrons. The van der Waals surface area contributed by atoms with E-state index in [9.17, 15) is 0 Å². The zero-order valence-electron chi connectivity index (χ0n) is 9.07. The van der Waals surface area contributed by atoms with Crippen molar-refractivity contribution in [1.29, 1.82) is 0 Å². The average molecular weight is 216 g/mol. The molecule has 1 rings (SSSR count). The molecule has 0 saturated heterocycles. The van der Waals surface area contributed by atoms with Crippen LogP contribution in [0.25, 0.3) is 0 Å². The van der Waals surface area contributed by atoms with Crippen molar-refractivity contribution in [3.63, 3.8) is 0 Å². The molecule has 1 aromatic rings. The van der Waals surface area contributed by atoms with Crippen molar-refractivity contribution in [1.82, 2.24) is 0 Å². The molecule has 0 aromatic heterocycles. The van der Waals surface area contributed by atoms with Crippen molar-refractivity contribution < 1.29 is 0 Å². The third-order valence-corrected chi connectivity index (χ3v) is 3.20. The average Bonchev–Trinajstić information content (AvgIpc) is 2.28. The molecule has 0 nitrogen and oxygen atoms in total. The highest BCUT2D eigenvalue weighted by atomic mass is 32.2. The van der Waals surface area contributed by atoms with E-state index in [0.717, 1.165) is 18.6 Å². The molecule has 0 saturated carbocycles. The first-order valence-electron chi connectivity index (χ1n) is 5.10. The van der Waals surface area contributed by atoms with Crippen LogP contribution in [0, 0.1) is 12.3 Å². The van der Waals surface area contributed by atoms with Gasteiger partial charge in [0.25, 0.3) is 0 Å². The van der Waals surface area contributed by atoms with Gasteiger partial charge in [0.1, 0.15) is 0 Å². The number of terminal acetylenes is 1. The highest BCUT2D eigenvalue weighted by Crippen LogP contribution is 2.19. The lowest BCUT2D eigenvalue weighted by atomic mass is 10.2. The zero-order chi connectivity index (χ0) is 10.9. The van der Waals surface area contributed by atoms with Crippen LogP contribution in [0.4, 0.5) is 0 Å². The fourth-order valence-corrected chi connectivity index (χ4v) is 2.04. The number of allylic oxidation sites excluding steroid dienone is 1. The van der Waals surface area contributed by atoms with Crippen LogP contribution in [0.3, 0.4) is 0 Å². The molecule has 1 aromatic carbocycles. The van der Waals surface area contributed by atoms with Crippen LogP contribution < -0.4 is 0 Å². The predicted molar refractivity (Wildman–Crippen MR) is 69.0 cm³/mol. The first-order valence-corrected chi connectivity index (χ1v) is 6.08. The topological polar surface area (TPSA) is 0 Å². The number of unbranched alkanes of at least 4 members (excludes halogenated alkanes) is 1. The highest BCUT2D eigenvalue weighted by Gasteiger charge is 1.93. The van der Waals surface area contributed by atoms with Crippen molar-refractivity contribution in [2.24, 2.45) is 0 Å². The quantitative estimate of drug-likeness (QED) is 0.308. The minimum Gasteiger partial charge on any atom is -0.122 e. The number of thioether (sulfide) groups is 1. The van der Waals surface area contributed by atoms with E-state index in [1.807, 2.05) is 17.8 Å². The summed E-state index contributed by atoms with van der Waals surface area (Å²) in [6, 6.07) is 10.5. The maximum absolute atomic E-state index is 5.20. The Kier molecular flexibility index (Phi) is 5.73. The lowest BCUT2D eigenvalue weighted by molar-refractivity contribution is 1.07. The van der Waals surface area contributed by atoms with Gasteiger partial charge in [0.05, 0.1) is 0 Å². The summed E-state index contributed by atoms with van der Waals surface area (Å²) in [5.74, 6) is 3.70. The summed E-state index contributed by atoms with van der Waals surface area (Å²) in [5.41, 5.74) is 1.40. The summed E-state index contributed by atoms with van der Waals surface area (Å²) >= 11 is 1.87. The SMILES string of the molecule is C#CCC/C=C(\C)CSc1ccccc1.